The van der Waals surface area contributed by atoms with E-state index in [1.807, 2.05) is 6.92 Å². The number of nitrogens with zero attached hydrogens (tertiary/aromatic N) is 4. The molecule has 0 unspecified atom stereocenters. The quantitative estimate of drug-likeness (QED) is 0.776. The predicted molar refractivity (Wildman–Crippen MR) is 102 cm³/mol. The van der Waals surface area contributed by atoms with Crippen LogP contribution in [0.4, 0.5) is 16.0 Å². The van der Waals surface area contributed by atoms with Gasteiger partial charge in [-0.25, -0.2) is 14.4 Å². The molecule has 1 amide bonds. The van der Waals surface area contributed by atoms with Crippen LogP contribution in [0.2, 0.25) is 0 Å². The Morgan fingerprint density at radius 2 is 1.81 bits per heavy atom. The number of carbonyl (C=O) groups is 1. The number of nitrogens with one attached hydrogen (secondary N) is 1. The number of rotatable bonds is 6. The molecule has 0 radical (unpaired) electrons. The highest BCUT2D eigenvalue weighted by Gasteiger charge is 2.21. The van der Waals surface area contributed by atoms with E-state index in [1.165, 1.54) is 12.1 Å². The highest BCUT2D eigenvalue weighted by molar-refractivity contribution is 5.92. The summed E-state index contributed by atoms with van der Waals surface area (Å²) in [5.41, 5.74) is 2.10. The molecule has 0 atom stereocenters. The van der Waals surface area contributed by atoms with E-state index in [-0.39, 0.29) is 11.7 Å². The molecule has 0 bridgehead atoms. The number of hydrogen-bond acceptors (Lipinski definition) is 6. The second-order valence-corrected chi connectivity index (χ2v) is 6.39. The largest absolute Gasteiger partial charge is 0.383 e. The lowest BCUT2D eigenvalue weighted by atomic mass is 10.2. The number of methoxy groups -OCH3 is 1. The summed E-state index contributed by atoms with van der Waals surface area (Å²) in [5.74, 6) is 0.0937. The third kappa shape index (κ3) is 4.91. The number of aryl methyl sites for hydroxylation is 1. The topological polar surface area (TPSA) is 70.6 Å². The minimum atomic E-state index is -0.234. The van der Waals surface area contributed by atoms with Crippen LogP contribution in [0.5, 0.6) is 0 Å². The monoisotopic (exact) mass is 373 g/mol. The van der Waals surface area contributed by atoms with Crippen LogP contribution in [0, 0.1) is 12.7 Å². The molecular formula is C19H24FN5O2. The SMILES string of the molecule is COCCNC(=O)c1cc(C)nc(N2CCN(c3ccc(F)cc3)CC2)n1. The summed E-state index contributed by atoms with van der Waals surface area (Å²) < 4.78 is 18.0. The average molecular weight is 373 g/mol. The van der Waals surface area contributed by atoms with Gasteiger partial charge in [-0.15, -0.1) is 0 Å². The van der Waals surface area contributed by atoms with Crippen molar-refractivity contribution in [3.05, 3.63) is 47.5 Å². The van der Waals surface area contributed by atoms with Gasteiger partial charge in [0.15, 0.2) is 0 Å². The first kappa shape index (κ1) is 19.0. The molecule has 7 nitrogen and oxygen atoms in total. The molecule has 1 aromatic heterocycles. The first-order valence-corrected chi connectivity index (χ1v) is 8.95. The van der Waals surface area contributed by atoms with Gasteiger partial charge in [0.1, 0.15) is 11.5 Å². The predicted octanol–water partition coefficient (Wildman–Crippen LogP) is 1.63. The van der Waals surface area contributed by atoms with Gasteiger partial charge >= 0.3 is 0 Å². The standard InChI is InChI=1S/C19H24FN5O2/c1-14-13-17(18(26)21-7-12-27-2)23-19(22-14)25-10-8-24(9-11-25)16-5-3-15(20)4-6-16/h3-6,13H,7-12H2,1-2H3,(H,21,26). The molecule has 2 aromatic rings. The summed E-state index contributed by atoms with van der Waals surface area (Å²) in [5, 5.41) is 2.78. The summed E-state index contributed by atoms with van der Waals surface area (Å²) in [6.07, 6.45) is 0. The van der Waals surface area contributed by atoms with Gasteiger partial charge in [-0.05, 0) is 37.3 Å². The molecule has 27 heavy (non-hydrogen) atoms. The van der Waals surface area contributed by atoms with Crippen molar-refractivity contribution in [1.82, 2.24) is 15.3 Å². The number of halogens is 1. The molecule has 0 aliphatic carbocycles. The summed E-state index contributed by atoms with van der Waals surface area (Å²) in [7, 11) is 1.59. The lowest BCUT2D eigenvalue weighted by molar-refractivity contribution is 0.0932. The summed E-state index contributed by atoms with van der Waals surface area (Å²) in [6.45, 7) is 5.75. The molecule has 1 aliphatic rings. The molecule has 2 heterocycles. The van der Waals surface area contributed by atoms with E-state index in [2.05, 4.69) is 25.1 Å². The number of ether oxygens (including phenoxy) is 1. The zero-order valence-electron chi connectivity index (χ0n) is 15.6. The van der Waals surface area contributed by atoms with Crippen molar-refractivity contribution in [3.8, 4) is 0 Å². The Morgan fingerprint density at radius 3 is 2.48 bits per heavy atom. The number of carbonyl (C=O) groups excluding carboxylic acids is 1. The fourth-order valence-electron chi connectivity index (χ4n) is 2.98. The lowest BCUT2D eigenvalue weighted by Crippen LogP contribution is -2.47. The van der Waals surface area contributed by atoms with Gasteiger partial charge in [-0.3, -0.25) is 4.79 Å². The smallest absolute Gasteiger partial charge is 0.270 e. The molecule has 1 fully saturated rings. The zero-order chi connectivity index (χ0) is 19.2. The van der Waals surface area contributed by atoms with Crippen molar-refractivity contribution in [2.75, 3.05) is 56.2 Å². The van der Waals surface area contributed by atoms with Crippen LogP contribution in [0.3, 0.4) is 0 Å². The third-order valence-electron chi connectivity index (χ3n) is 4.42. The Kier molecular flexibility index (Phi) is 6.18. The molecule has 0 spiro atoms. The molecule has 3 rings (SSSR count). The van der Waals surface area contributed by atoms with Gasteiger partial charge in [-0.1, -0.05) is 0 Å². The van der Waals surface area contributed by atoms with Gasteiger partial charge in [0.05, 0.1) is 6.61 Å². The number of benzene rings is 1. The normalized spacial score (nSPS) is 14.3. The van der Waals surface area contributed by atoms with Gasteiger partial charge < -0.3 is 19.9 Å². The molecule has 1 N–H and O–H groups in total. The maximum atomic E-state index is 13.1. The van der Waals surface area contributed by atoms with Gasteiger partial charge in [-0.2, -0.15) is 0 Å². The first-order valence-electron chi connectivity index (χ1n) is 8.95. The summed E-state index contributed by atoms with van der Waals surface area (Å²) in [6, 6.07) is 8.20. The van der Waals surface area contributed by atoms with Crippen molar-refractivity contribution in [2.24, 2.45) is 0 Å². The van der Waals surface area contributed by atoms with Crippen LogP contribution in [0.25, 0.3) is 0 Å². The average Bonchev–Trinajstić information content (AvgIpc) is 2.68. The maximum Gasteiger partial charge on any atom is 0.270 e. The lowest BCUT2D eigenvalue weighted by Gasteiger charge is -2.36. The first-order chi connectivity index (χ1) is 13.1. The van der Waals surface area contributed by atoms with Crippen LogP contribution in [0.15, 0.2) is 30.3 Å². The van der Waals surface area contributed by atoms with E-state index in [0.29, 0.717) is 24.8 Å². The van der Waals surface area contributed by atoms with E-state index in [1.54, 1.807) is 25.3 Å². The molecular weight excluding hydrogens is 349 g/mol. The molecule has 1 aromatic carbocycles. The Balaban J connectivity index is 1.65. The number of hydrogen-bond donors (Lipinski definition) is 1. The highest BCUT2D eigenvalue weighted by atomic mass is 19.1. The third-order valence-corrected chi connectivity index (χ3v) is 4.42. The van der Waals surface area contributed by atoms with Crippen molar-refractivity contribution in [3.63, 3.8) is 0 Å². The summed E-state index contributed by atoms with van der Waals surface area (Å²) >= 11 is 0. The Bertz CT molecular complexity index is 776. The van der Waals surface area contributed by atoms with Crippen molar-refractivity contribution in [1.29, 1.82) is 0 Å². The number of piperazine rings is 1. The maximum absolute atomic E-state index is 13.1. The van der Waals surface area contributed by atoms with E-state index < -0.39 is 0 Å². The molecule has 144 valence electrons. The minimum Gasteiger partial charge on any atom is -0.383 e. The molecule has 1 aliphatic heterocycles. The number of anilines is 2. The van der Waals surface area contributed by atoms with Crippen LogP contribution < -0.4 is 15.1 Å². The Labute approximate surface area is 158 Å². The van der Waals surface area contributed by atoms with E-state index >= 15 is 0 Å². The number of aromatic nitrogens is 2. The second-order valence-electron chi connectivity index (χ2n) is 6.39. The van der Waals surface area contributed by atoms with E-state index in [9.17, 15) is 9.18 Å². The van der Waals surface area contributed by atoms with Crippen molar-refractivity contribution >= 4 is 17.5 Å². The second kappa shape index (κ2) is 8.77. The summed E-state index contributed by atoms with van der Waals surface area (Å²) in [4.78, 5) is 25.5. The molecule has 0 saturated carbocycles. The fourth-order valence-corrected chi connectivity index (χ4v) is 2.98. The fraction of sp³-hybridized carbons (Fsp3) is 0.421. The van der Waals surface area contributed by atoms with Crippen LogP contribution in [-0.2, 0) is 4.74 Å². The Hall–Kier alpha value is -2.74. The van der Waals surface area contributed by atoms with Crippen LogP contribution in [0.1, 0.15) is 16.2 Å². The number of amides is 1. The van der Waals surface area contributed by atoms with Gasteiger partial charge in [0.25, 0.3) is 5.91 Å². The van der Waals surface area contributed by atoms with Crippen LogP contribution >= 0.6 is 0 Å². The zero-order valence-corrected chi connectivity index (χ0v) is 15.6. The van der Waals surface area contributed by atoms with Crippen molar-refractivity contribution in [2.45, 2.75) is 6.92 Å². The van der Waals surface area contributed by atoms with Gasteiger partial charge in [0, 0.05) is 51.2 Å². The van der Waals surface area contributed by atoms with E-state index in [0.717, 1.165) is 37.6 Å². The molecule has 1 saturated heterocycles. The molecule has 8 heteroatoms. The van der Waals surface area contributed by atoms with Crippen LogP contribution in [-0.4, -0.2) is 62.3 Å². The van der Waals surface area contributed by atoms with Crippen molar-refractivity contribution < 1.29 is 13.9 Å². The minimum absolute atomic E-state index is 0.233. The highest BCUT2D eigenvalue weighted by Crippen LogP contribution is 2.19. The van der Waals surface area contributed by atoms with Gasteiger partial charge in [0.2, 0.25) is 5.95 Å². The Morgan fingerprint density at radius 1 is 1.15 bits per heavy atom. The van der Waals surface area contributed by atoms with E-state index in [4.69, 9.17) is 4.74 Å².